The van der Waals surface area contributed by atoms with Crippen molar-refractivity contribution in [3.05, 3.63) is 78.0 Å². The Hall–Kier alpha value is -3.61. The molecule has 7 heteroatoms. The fourth-order valence-electron chi connectivity index (χ4n) is 4.94. The molecule has 6 rings (SSSR count). The van der Waals surface area contributed by atoms with Gasteiger partial charge >= 0.3 is 0 Å². The largest absolute Gasteiger partial charge is 0.367 e. The first-order valence-electron chi connectivity index (χ1n) is 10.7. The fraction of sp³-hybridized carbons (Fsp3) is 0.240. The van der Waals surface area contributed by atoms with Crippen molar-refractivity contribution in [3.63, 3.8) is 0 Å². The third-order valence-electron chi connectivity index (χ3n) is 6.66. The second-order valence-corrected chi connectivity index (χ2v) is 8.60. The molecule has 1 aliphatic carbocycles. The minimum absolute atomic E-state index is 0.0444. The number of nitrogens with zero attached hydrogens (tertiary/aromatic N) is 3. The normalized spacial score (nSPS) is 21.7. The van der Waals surface area contributed by atoms with Gasteiger partial charge in [0.1, 0.15) is 5.82 Å². The van der Waals surface area contributed by atoms with Gasteiger partial charge in [0.25, 0.3) is 5.91 Å². The summed E-state index contributed by atoms with van der Waals surface area (Å²) in [6, 6.07) is 15.9. The lowest BCUT2D eigenvalue weighted by molar-refractivity contribution is 0.0717. The van der Waals surface area contributed by atoms with Crippen LogP contribution in [0.1, 0.15) is 16.8 Å². The van der Waals surface area contributed by atoms with Crippen molar-refractivity contribution in [2.24, 2.45) is 11.8 Å². The van der Waals surface area contributed by atoms with Crippen LogP contribution >= 0.6 is 0 Å². The van der Waals surface area contributed by atoms with Gasteiger partial charge in [-0.05, 0) is 35.1 Å². The number of amides is 1. The minimum atomic E-state index is -0.951. The van der Waals surface area contributed by atoms with E-state index in [9.17, 15) is 13.6 Å². The van der Waals surface area contributed by atoms with Gasteiger partial charge in [-0.25, -0.2) is 13.8 Å². The highest BCUT2D eigenvalue weighted by Gasteiger charge is 2.53. The van der Waals surface area contributed by atoms with E-state index in [1.165, 1.54) is 6.20 Å². The molecule has 3 atom stereocenters. The number of carbonyl (C=O) groups is 1. The average molecular weight is 430 g/mol. The second-order valence-electron chi connectivity index (χ2n) is 8.60. The van der Waals surface area contributed by atoms with E-state index in [2.05, 4.69) is 15.3 Å². The van der Waals surface area contributed by atoms with Crippen molar-refractivity contribution >= 4 is 33.5 Å². The summed E-state index contributed by atoms with van der Waals surface area (Å²) in [6.07, 6.45) is 2.63. The number of hydrogen-bond donors (Lipinski definition) is 1. The zero-order valence-corrected chi connectivity index (χ0v) is 17.1. The number of rotatable bonds is 4. The molecule has 2 heterocycles. The zero-order valence-electron chi connectivity index (χ0n) is 17.1. The highest BCUT2D eigenvalue weighted by molar-refractivity contribution is 6.07. The third kappa shape index (κ3) is 3.16. The SMILES string of the molecule is O=C(c1cccc2ccccc12)N1C[C@H]2C[C@H]2[C@H]1CNc1cnc2cc(F)c(F)cc2n1. The van der Waals surface area contributed by atoms with E-state index in [1.54, 1.807) is 0 Å². The summed E-state index contributed by atoms with van der Waals surface area (Å²) in [5, 5.41) is 5.27. The number of aromatic nitrogens is 2. The number of nitrogens with one attached hydrogen (secondary N) is 1. The molecule has 1 N–H and O–H groups in total. The van der Waals surface area contributed by atoms with Crippen LogP contribution in [-0.2, 0) is 0 Å². The maximum Gasteiger partial charge on any atom is 0.254 e. The second kappa shape index (κ2) is 7.22. The third-order valence-corrected chi connectivity index (χ3v) is 6.66. The molecule has 32 heavy (non-hydrogen) atoms. The van der Waals surface area contributed by atoms with Crippen LogP contribution in [0.5, 0.6) is 0 Å². The highest BCUT2D eigenvalue weighted by atomic mass is 19.2. The number of benzene rings is 3. The molecule has 1 amide bonds. The molecule has 1 saturated heterocycles. The number of anilines is 1. The van der Waals surface area contributed by atoms with Gasteiger partial charge in [0.2, 0.25) is 0 Å². The maximum atomic E-state index is 13.6. The van der Waals surface area contributed by atoms with Gasteiger partial charge in [0, 0.05) is 30.8 Å². The maximum absolute atomic E-state index is 13.6. The summed E-state index contributed by atoms with van der Waals surface area (Å²) in [5.41, 5.74) is 1.30. The van der Waals surface area contributed by atoms with Crippen LogP contribution in [0.2, 0.25) is 0 Å². The highest BCUT2D eigenvalue weighted by Crippen LogP contribution is 2.50. The molecule has 5 nitrogen and oxygen atoms in total. The van der Waals surface area contributed by atoms with Gasteiger partial charge in [0.05, 0.1) is 23.3 Å². The Morgan fingerprint density at radius 1 is 1.06 bits per heavy atom. The van der Waals surface area contributed by atoms with E-state index < -0.39 is 11.6 Å². The molecule has 1 aliphatic heterocycles. The predicted octanol–water partition coefficient (Wildman–Crippen LogP) is 4.63. The lowest BCUT2D eigenvalue weighted by Gasteiger charge is -2.28. The Morgan fingerprint density at radius 2 is 1.84 bits per heavy atom. The lowest BCUT2D eigenvalue weighted by atomic mass is 10.0. The molecule has 3 aromatic carbocycles. The predicted molar refractivity (Wildman–Crippen MR) is 118 cm³/mol. The van der Waals surface area contributed by atoms with Gasteiger partial charge in [-0.2, -0.15) is 0 Å². The Kier molecular flexibility index (Phi) is 4.31. The topological polar surface area (TPSA) is 58.1 Å². The van der Waals surface area contributed by atoms with Crippen molar-refractivity contribution < 1.29 is 13.6 Å². The molecular formula is C25H20F2N4O. The first-order chi connectivity index (χ1) is 15.6. The Morgan fingerprint density at radius 3 is 2.72 bits per heavy atom. The number of halogens is 2. The molecule has 0 unspecified atom stereocenters. The Labute approximate surface area is 183 Å². The van der Waals surface area contributed by atoms with E-state index >= 15 is 0 Å². The summed E-state index contributed by atoms with van der Waals surface area (Å²) in [5.74, 6) is -0.358. The average Bonchev–Trinajstić information content (AvgIpc) is 3.49. The van der Waals surface area contributed by atoms with Crippen LogP contribution in [0.3, 0.4) is 0 Å². The monoisotopic (exact) mass is 430 g/mol. The van der Waals surface area contributed by atoms with Gasteiger partial charge in [-0.1, -0.05) is 36.4 Å². The molecule has 1 aromatic heterocycles. The van der Waals surface area contributed by atoms with Gasteiger partial charge < -0.3 is 10.2 Å². The first-order valence-corrected chi connectivity index (χ1v) is 10.7. The number of carbonyl (C=O) groups excluding carboxylic acids is 1. The van der Waals surface area contributed by atoms with Crippen LogP contribution < -0.4 is 5.32 Å². The molecule has 0 radical (unpaired) electrons. The quantitative estimate of drug-likeness (QED) is 0.513. The Bertz CT molecular complexity index is 1370. The van der Waals surface area contributed by atoms with Crippen molar-refractivity contribution in [3.8, 4) is 0 Å². The molecule has 4 aromatic rings. The van der Waals surface area contributed by atoms with Gasteiger partial charge in [-0.15, -0.1) is 0 Å². The van der Waals surface area contributed by atoms with E-state index in [0.29, 0.717) is 29.7 Å². The van der Waals surface area contributed by atoms with E-state index in [-0.39, 0.29) is 17.5 Å². The number of hydrogen-bond acceptors (Lipinski definition) is 4. The zero-order chi connectivity index (χ0) is 21.8. The summed E-state index contributed by atoms with van der Waals surface area (Å²) in [6.45, 7) is 1.29. The van der Waals surface area contributed by atoms with Crippen molar-refractivity contribution in [1.82, 2.24) is 14.9 Å². The Balaban J connectivity index is 1.24. The molecule has 2 fully saturated rings. The van der Waals surface area contributed by atoms with Gasteiger partial charge in [0.15, 0.2) is 11.6 Å². The number of likely N-dealkylation sites (tertiary alicyclic amines) is 1. The lowest BCUT2D eigenvalue weighted by Crippen LogP contribution is -2.42. The number of fused-ring (bicyclic) bond motifs is 3. The summed E-state index contributed by atoms with van der Waals surface area (Å²) in [7, 11) is 0. The molecule has 160 valence electrons. The molecule has 0 spiro atoms. The molecular weight excluding hydrogens is 410 g/mol. The van der Waals surface area contributed by atoms with Gasteiger partial charge in [-0.3, -0.25) is 9.78 Å². The fourth-order valence-corrected chi connectivity index (χ4v) is 4.94. The van der Waals surface area contributed by atoms with Crippen LogP contribution in [-0.4, -0.2) is 39.9 Å². The molecule has 0 bridgehead atoms. The van der Waals surface area contributed by atoms with Crippen molar-refractivity contribution in [2.45, 2.75) is 12.5 Å². The van der Waals surface area contributed by atoms with Crippen LogP contribution in [0.15, 0.2) is 60.8 Å². The van der Waals surface area contributed by atoms with E-state index in [4.69, 9.17) is 0 Å². The van der Waals surface area contributed by atoms with E-state index in [1.807, 2.05) is 47.4 Å². The minimum Gasteiger partial charge on any atom is -0.367 e. The smallest absolute Gasteiger partial charge is 0.254 e. The summed E-state index contributed by atoms with van der Waals surface area (Å²) in [4.78, 5) is 24.0. The van der Waals surface area contributed by atoms with Crippen molar-refractivity contribution in [2.75, 3.05) is 18.4 Å². The first kappa shape index (κ1) is 19.1. The van der Waals surface area contributed by atoms with Crippen molar-refractivity contribution in [1.29, 1.82) is 0 Å². The van der Waals surface area contributed by atoms with Crippen LogP contribution in [0.25, 0.3) is 21.8 Å². The van der Waals surface area contributed by atoms with E-state index in [0.717, 1.165) is 41.4 Å². The van der Waals surface area contributed by atoms with Crippen LogP contribution in [0, 0.1) is 23.5 Å². The molecule has 1 saturated carbocycles. The number of piperidine rings is 1. The summed E-state index contributed by atoms with van der Waals surface area (Å²) < 4.78 is 27.0. The summed E-state index contributed by atoms with van der Waals surface area (Å²) >= 11 is 0. The van der Waals surface area contributed by atoms with Crippen LogP contribution in [0.4, 0.5) is 14.6 Å². The standard InChI is InChI=1S/C25H20F2N4O/c26-19-9-21-22(10-20(19)27)30-24(12-28-21)29-11-23-18-8-15(18)13-31(23)25(32)17-7-3-5-14-4-1-2-6-16(14)17/h1-7,9-10,12,15,18,23H,8,11,13H2,(H,29,30)/t15-,18-,23-/m1/s1. The molecule has 2 aliphatic rings.